The third kappa shape index (κ3) is 6.08. The van der Waals surface area contributed by atoms with Crippen molar-refractivity contribution in [3.63, 3.8) is 0 Å². The largest absolute Gasteiger partial charge is 0.374 e. The highest BCUT2D eigenvalue weighted by atomic mass is 32.2. The molecule has 1 aromatic heterocycles. The van der Waals surface area contributed by atoms with Crippen LogP contribution in [0.5, 0.6) is 0 Å². The van der Waals surface area contributed by atoms with Crippen LogP contribution in [0.15, 0.2) is 70.9 Å². The number of benzene rings is 2. The molecule has 2 aromatic carbocycles. The van der Waals surface area contributed by atoms with Crippen molar-refractivity contribution in [3.8, 4) is 0 Å². The molecule has 0 aliphatic heterocycles. The Bertz CT molecular complexity index is 1060. The molecular formula is C22H25N3O3S2. The van der Waals surface area contributed by atoms with Gasteiger partial charge in [0, 0.05) is 22.8 Å². The number of anilines is 2. The zero-order chi connectivity index (χ0) is 21.6. The minimum atomic E-state index is -3.64. The topological polar surface area (TPSA) is 87.3 Å². The summed E-state index contributed by atoms with van der Waals surface area (Å²) in [6.07, 6.45) is 0.811. The van der Waals surface area contributed by atoms with E-state index in [1.807, 2.05) is 24.4 Å². The van der Waals surface area contributed by atoms with Crippen molar-refractivity contribution >= 4 is 38.6 Å². The fourth-order valence-electron chi connectivity index (χ4n) is 2.80. The van der Waals surface area contributed by atoms with Crippen LogP contribution in [0, 0.1) is 6.92 Å². The maximum absolute atomic E-state index is 12.5. The fraction of sp³-hybridized carbons (Fsp3) is 0.227. The third-order valence-corrected chi connectivity index (χ3v) is 6.83. The molecule has 0 aliphatic rings. The van der Waals surface area contributed by atoms with E-state index >= 15 is 0 Å². The number of amides is 1. The molecule has 158 valence electrons. The second-order valence-electron chi connectivity index (χ2n) is 6.98. The van der Waals surface area contributed by atoms with Crippen LogP contribution >= 0.6 is 11.3 Å². The average molecular weight is 444 g/mol. The second-order valence-corrected chi connectivity index (χ2v) is 9.70. The number of nitrogens with one attached hydrogen (secondary N) is 3. The van der Waals surface area contributed by atoms with Gasteiger partial charge in [0.25, 0.3) is 10.0 Å². The van der Waals surface area contributed by atoms with E-state index in [0.717, 1.165) is 17.7 Å². The number of aryl methyl sites for hydroxylation is 1. The summed E-state index contributed by atoms with van der Waals surface area (Å²) in [5.41, 5.74) is 2.18. The van der Waals surface area contributed by atoms with Gasteiger partial charge in [0.15, 0.2) is 0 Å². The Labute approximate surface area is 181 Å². The van der Waals surface area contributed by atoms with Gasteiger partial charge in [-0.1, -0.05) is 23.8 Å². The lowest BCUT2D eigenvalue weighted by Crippen LogP contribution is -2.38. The number of carbonyl (C=O) groups is 1. The number of thiophene rings is 1. The van der Waals surface area contributed by atoms with Crippen molar-refractivity contribution < 1.29 is 13.2 Å². The van der Waals surface area contributed by atoms with Gasteiger partial charge in [0.1, 0.15) is 6.04 Å². The van der Waals surface area contributed by atoms with Crippen LogP contribution in [-0.2, 0) is 21.2 Å². The van der Waals surface area contributed by atoms with E-state index < -0.39 is 16.1 Å². The molecule has 0 fully saturated rings. The average Bonchev–Trinajstić information content (AvgIpc) is 3.23. The SMILES string of the molecule is Cc1ccc(S(=O)(=O)Nc2ccc(NC(C)C(=O)NCCc3cccs3)cc2)cc1. The molecule has 0 saturated heterocycles. The number of carbonyl (C=O) groups excluding carboxylic acids is 1. The Hall–Kier alpha value is -2.84. The zero-order valence-electron chi connectivity index (χ0n) is 16.9. The first-order chi connectivity index (χ1) is 14.3. The van der Waals surface area contributed by atoms with Crippen LogP contribution < -0.4 is 15.4 Å². The van der Waals surface area contributed by atoms with Crippen LogP contribution in [0.2, 0.25) is 0 Å². The standard InChI is InChI=1S/C22H25N3O3S2/c1-16-5-11-21(12-6-16)30(27,28)25-19-9-7-18(8-10-19)24-17(2)22(26)23-14-13-20-4-3-15-29-20/h3-12,15,17,24-25H,13-14H2,1-2H3,(H,23,26). The van der Waals surface area contributed by atoms with E-state index in [-0.39, 0.29) is 10.8 Å². The van der Waals surface area contributed by atoms with Crippen molar-refractivity contribution in [2.45, 2.75) is 31.2 Å². The first-order valence-corrected chi connectivity index (χ1v) is 12.0. The van der Waals surface area contributed by atoms with Crippen molar-refractivity contribution in [3.05, 3.63) is 76.5 Å². The van der Waals surface area contributed by atoms with Gasteiger partial charge in [0.05, 0.1) is 4.90 Å². The maximum Gasteiger partial charge on any atom is 0.261 e. The van der Waals surface area contributed by atoms with Crippen LogP contribution in [0.25, 0.3) is 0 Å². The van der Waals surface area contributed by atoms with E-state index in [2.05, 4.69) is 15.4 Å². The molecule has 30 heavy (non-hydrogen) atoms. The highest BCUT2D eigenvalue weighted by Crippen LogP contribution is 2.19. The highest BCUT2D eigenvalue weighted by Gasteiger charge is 2.15. The Morgan fingerprint density at radius 3 is 2.30 bits per heavy atom. The minimum Gasteiger partial charge on any atom is -0.374 e. The normalized spacial score (nSPS) is 12.2. The first-order valence-electron chi connectivity index (χ1n) is 9.60. The van der Waals surface area contributed by atoms with Gasteiger partial charge in [-0.05, 0) is 68.1 Å². The second kappa shape index (κ2) is 9.77. The summed E-state index contributed by atoms with van der Waals surface area (Å²) in [6.45, 7) is 4.28. The predicted molar refractivity (Wildman–Crippen MR) is 123 cm³/mol. The molecule has 1 atom stereocenters. The molecule has 0 bridgehead atoms. The van der Waals surface area contributed by atoms with Crippen molar-refractivity contribution in [1.82, 2.24) is 5.32 Å². The maximum atomic E-state index is 12.5. The first kappa shape index (κ1) is 21.9. The van der Waals surface area contributed by atoms with Gasteiger partial charge < -0.3 is 10.6 Å². The Balaban J connectivity index is 1.52. The monoisotopic (exact) mass is 443 g/mol. The van der Waals surface area contributed by atoms with Crippen LogP contribution in [-0.4, -0.2) is 26.9 Å². The summed E-state index contributed by atoms with van der Waals surface area (Å²) in [4.78, 5) is 13.7. The molecule has 1 heterocycles. The third-order valence-electron chi connectivity index (χ3n) is 4.50. The number of sulfonamides is 1. The van der Waals surface area contributed by atoms with Gasteiger partial charge in [0.2, 0.25) is 5.91 Å². The number of hydrogen-bond donors (Lipinski definition) is 3. The molecule has 0 spiro atoms. The quantitative estimate of drug-likeness (QED) is 0.466. The molecule has 3 rings (SSSR count). The fourth-order valence-corrected chi connectivity index (χ4v) is 4.57. The molecule has 8 heteroatoms. The Kier molecular flexibility index (Phi) is 7.12. The summed E-state index contributed by atoms with van der Waals surface area (Å²) in [5, 5.41) is 8.07. The number of hydrogen-bond acceptors (Lipinski definition) is 5. The highest BCUT2D eigenvalue weighted by molar-refractivity contribution is 7.92. The van der Waals surface area contributed by atoms with Crippen LogP contribution in [0.4, 0.5) is 11.4 Å². The van der Waals surface area contributed by atoms with E-state index in [0.29, 0.717) is 12.2 Å². The van der Waals surface area contributed by atoms with Crippen molar-refractivity contribution in [2.75, 3.05) is 16.6 Å². The van der Waals surface area contributed by atoms with Crippen LogP contribution in [0.3, 0.4) is 0 Å². The summed E-state index contributed by atoms with van der Waals surface area (Å²) in [6, 6.07) is 17.1. The lowest BCUT2D eigenvalue weighted by molar-refractivity contribution is -0.121. The lowest BCUT2D eigenvalue weighted by Gasteiger charge is -2.16. The van der Waals surface area contributed by atoms with Gasteiger partial charge in [-0.3, -0.25) is 9.52 Å². The molecule has 6 nitrogen and oxygen atoms in total. The molecule has 1 unspecified atom stereocenters. The summed E-state index contributed by atoms with van der Waals surface area (Å²) < 4.78 is 27.5. The lowest BCUT2D eigenvalue weighted by atomic mass is 10.2. The van der Waals surface area contributed by atoms with Gasteiger partial charge >= 0.3 is 0 Å². The van der Waals surface area contributed by atoms with E-state index in [9.17, 15) is 13.2 Å². The van der Waals surface area contributed by atoms with E-state index in [4.69, 9.17) is 0 Å². The predicted octanol–water partition coefficient (Wildman–Crippen LogP) is 4.02. The summed E-state index contributed by atoms with van der Waals surface area (Å²) >= 11 is 1.67. The number of rotatable bonds is 9. The minimum absolute atomic E-state index is 0.0873. The Morgan fingerprint density at radius 1 is 1.00 bits per heavy atom. The van der Waals surface area contributed by atoms with E-state index in [1.54, 1.807) is 66.8 Å². The molecular weight excluding hydrogens is 418 g/mol. The van der Waals surface area contributed by atoms with Crippen LogP contribution in [0.1, 0.15) is 17.4 Å². The van der Waals surface area contributed by atoms with Crippen molar-refractivity contribution in [1.29, 1.82) is 0 Å². The van der Waals surface area contributed by atoms with Crippen molar-refractivity contribution in [2.24, 2.45) is 0 Å². The van der Waals surface area contributed by atoms with Gasteiger partial charge in [-0.2, -0.15) is 0 Å². The zero-order valence-corrected chi connectivity index (χ0v) is 18.5. The smallest absolute Gasteiger partial charge is 0.261 e. The molecule has 3 aromatic rings. The van der Waals surface area contributed by atoms with Gasteiger partial charge in [-0.15, -0.1) is 11.3 Å². The summed E-state index contributed by atoms with van der Waals surface area (Å²) in [5.74, 6) is -0.0873. The van der Waals surface area contributed by atoms with Gasteiger partial charge in [-0.25, -0.2) is 8.42 Å². The summed E-state index contributed by atoms with van der Waals surface area (Å²) in [7, 11) is -3.64. The molecule has 1 amide bonds. The molecule has 0 saturated carbocycles. The molecule has 3 N–H and O–H groups in total. The van der Waals surface area contributed by atoms with E-state index in [1.165, 1.54) is 4.88 Å². The Morgan fingerprint density at radius 2 is 1.67 bits per heavy atom. The molecule has 0 radical (unpaired) electrons. The molecule has 0 aliphatic carbocycles.